The van der Waals surface area contributed by atoms with Crippen LogP contribution in [-0.2, 0) is 6.54 Å². The summed E-state index contributed by atoms with van der Waals surface area (Å²) in [6.45, 7) is 3.46. The molecule has 26 heavy (non-hydrogen) atoms. The van der Waals surface area contributed by atoms with Crippen LogP contribution < -0.4 is 10.6 Å². The van der Waals surface area contributed by atoms with Crippen molar-refractivity contribution in [2.45, 2.75) is 70.0 Å². The van der Waals surface area contributed by atoms with Gasteiger partial charge in [0.1, 0.15) is 0 Å². The first-order chi connectivity index (χ1) is 12.8. The molecule has 3 fully saturated rings. The number of hydrogen-bond acceptors (Lipinski definition) is 3. The van der Waals surface area contributed by atoms with Gasteiger partial charge >= 0.3 is 0 Å². The number of rotatable bonds is 5. The molecular formula is C21H34N4S. The van der Waals surface area contributed by atoms with E-state index in [1.807, 2.05) is 7.05 Å². The van der Waals surface area contributed by atoms with Gasteiger partial charge < -0.3 is 10.6 Å². The molecule has 1 aromatic heterocycles. The molecule has 2 unspecified atom stereocenters. The van der Waals surface area contributed by atoms with E-state index in [-0.39, 0.29) is 0 Å². The van der Waals surface area contributed by atoms with E-state index in [1.54, 1.807) is 11.3 Å². The molecule has 4 rings (SSSR count). The highest BCUT2D eigenvalue weighted by Gasteiger charge is 2.43. The lowest BCUT2D eigenvalue weighted by atomic mass is 9.85. The van der Waals surface area contributed by atoms with Gasteiger partial charge in [0.15, 0.2) is 5.96 Å². The molecule has 1 saturated heterocycles. The number of nitrogens with one attached hydrogen (secondary N) is 2. The van der Waals surface area contributed by atoms with Gasteiger partial charge in [0.2, 0.25) is 0 Å². The molecule has 2 heterocycles. The molecule has 2 saturated carbocycles. The Morgan fingerprint density at radius 1 is 1.15 bits per heavy atom. The van der Waals surface area contributed by atoms with E-state index >= 15 is 0 Å². The van der Waals surface area contributed by atoms with Gasteiger partial charge in [-0.15, -0.1) is 0 Å². The van der Waals surface area contributed by atoms with Crippen molar-refractivity contribution < 1.29 is 0 Å². The maximum atomic E-state index is 4.50. The summed E-state index contributed by atoms with van der Waals surface area (Å²) in [5, 5.41) is 11.9. The minimum absolute atomic E-state index is 0.562. The van der Waals surface area contributed by atoms with Crippen LogP contribution in [0, 0.1) is 11.8 Å². The first-order valence-corrected chi connectivity index (χ1v) is 11.5. The van der Waals surface area contributed by atoms with E-state index in [4.69, 9.17) is 0 Å². The van der Waals surface area contributed by atoms with Crippen LogP contribution in [0.25, 0.3) is 0 Å². The van der Waals surface area contributed by atoms with Crippen molar-refractivity contribution in [3.05, 3.63) is 22.4 Å². The van der Waals surface area contributed by atoms with Crippen molar-refractivity contribution >= 4 is 17.3 Å². The minimum atomic E-state index is 0.562. The van der Waals surface area contributed by atoms with Crippen LogP contribution in [0.3, 0.4) is 0 Å². The molecule has 0 spiro atoms. The molecule has 4 nitrogen and oxygen atoms in total. The van der Waals surface area contributed by atoms with Crippen LogP contribution in [0.4, 0.5) is 0 Å². The fourth-order valence-corrected chi connectivity index (χ4v) is 5.54. The molecule has 2 N–H and O–H groups in total. The van der Waals surface area contributed by atoms with Gasteiger partial charge in [-0.25, -0.2) is 0 Å². The molecule has 144 valence electrons. The zero-order valence-electron chi connectivity index (χ0n) is 16.1. The Labute approximate surface area is 162 Å². The molecular weight excluding hydrogens is 340 g/mol. The average Bonchev–Trinajstić information content (AvgIpc) is 3.26. The quantitative estimate of drug-likeness (QED) is 0.607. The van der Waals surface area contributed by atoms with Crippen molar-refractivity contribution in [1.82, 2.24) is 15.5 Å². The molecule has 5 heteroatoms. The van der Waals surface area contributed by atoms with Gasteiger partial charge in [0, 0.05) is 38.8 Å². The highest BCUT2D eigenvalue weighted by atomic mass is 32.1. The Morgan fingerprint density at radius 3 is 2.65 bits per heavy atom. The predicted molar refractivity (Wildman–Crippen MR) is 111 cm³/mol. The maximum Gasteiger partial charge on any atom is 0.191 e. The Kier molecular flexibility index (Phi) is 6.16. The molecule has 0 aromatic carbocycles. The smallest absolute Gasteiger partial charge is 0.191 e. The van der Waals surface area contributed by atoms with Crippen molar-refractivity contribution in [3.8, 4) is 0 Å². The van der Waals surface area contributed by atoms with Gasteiger partial charge in [-0.05, 0) is 53.5 Å². The molecule has 0 amide bonds. The zero-order valence-corrected chi connectivity index (χ0v) is 16.9. The first-order valence-electron chi connectivity index (χ1n) is 10.5. The first kappa shape index (κ1) is 18.3. The van der Waals surface area contributed by atoms with Gasteiger partial charge in [0.25, 0.3) is 0 Å². The number of likely N-dealkylation sites (tertiary alicyclic amines) is 1. The number of hydrogen-bond donors (Lipinski definition) is 2. The second-order valence-electron chi connectivity index (χ2n) is 8.45. The minimum Gasteiger partial charge on any atom is -0.354 e. The molecule has 1 aromatic rings. The third kappa shape index (κ3) is 4.80. The number of guanidine groups is 1. The lowest BCUT2D eigenvalue weighted by Crippen LogP contribution is -2.49. The number of thiophene rings is 1. The molecule has 0 bridgehead atoms. The number of piperidine rings is 1. The molecule has 2 aliphatic carbocycles. The highest BCUT2D eigenvalue weighted by molar-refractivity contribution is 7.07. The molecule has 2 atom stereocenters. The van der Waals surface area contributed by atoms with E-state index in [0.29, 0.717) is 12.1 Å². The van der Waals surface area contributed by atoms with Crippen molar-refractivity contribution in [1.29, 1.82) is 0 Å². The van der Waals surface area contributed by atoms with Gasteiger partial charge in [-0.1, -0.05) is 32.1 Å². The summed E-state index contributed by atoms with van der Waals surface area (Å²) >= 11 is 1.80. The van der Waals surface area contributed by atoms with Gasteiger partial charge in [0.05, 0.1) is 0 Å². The Balaban J connectivity index is 1.18. The molecule has 0 radical (unpaired) electrons. The fourth-order valence-electron chi connectivity index (χ4n) is 4.88. The second-order valence-corrected chi connectivity index (χ2v) is 9.23. The Hall–Kier alpha value is -1.07. The van der Waals surface area contributed by atoms with Crippen molar-refractivity contribution in [2.24, 2.45) is 16.8 Å². The SMILES string of the molecule is CN=C(NC1CCN(Cc2ccsc2)CC1)NC1CC1C1CCCCC1. The standard InChI is InChI=1S/C21H34N4S/c1-22-21(24-20-13-19(20)17-5-3-2-4-6-17)23-18-7-10-25(11-8-18)14-16-9-12-26-15-16/h9,12,15,17-20H,2-8,10-11,13-14H2,1H3,(H2,22,23,24). The maximum absolute atomic E-state index is 4.50. The summed E-state index contributed by atoms with van der Waals surface area (Å²) in [7, 11) is 1.92. The van der Waals surface area contributed by atoms with E-state index in [0.717, 1.165) is 24.3 Å². The largest absolute Gasteiger partial charge is 0.354 e. The van der Waals surface area contributed by atoms with Crippen molar-refractivity contribution in [2.75, 3.05) is 20.1 Å². The lowest BCUT2D eigenvalue weighted by molar-refractivity contribution is 0.198. The summed E-state index contributed by atoms with van der Waals surface area (Å²) in [6.07, 6.45) is 11.0. The average molecular weight is 375 g/mol. The molecule has 1 aliphatic heterocycles. The number of aliphatic imine (C=N–C) groups is 1. The Morgan fingerprint density at radius 2 is 1.96 bits per heavy atom. The summed E-state index contributed by atoms with van der Waals surface area (Å²) in [4.78, 5) is 7.08. The van der Waals surface area contributed by atoms with Crippen LogP contribution in [0.15, 0.2) is 21.8 Å². The monoisotopic (exact) mass is 374 g/mol. The predicted octanol–water partition coefficient (Wildman–Crippen LogP) is 3.85. The fraction of sp³-hybridized carbons (Fsp3) is 0.762. The van der Waals surface area contributed by atoms with Crippen molar-refractivity contribution in [3.63, 3.8) is 0 Å². The normalized spacial score (nSPS) is 28.9. The summed E-state index contributed by atoms with van der Waals surface area (Å²) in [5.74, 6) is 2.91. The van der Waals surface area contributed by atoms with Gasteiger partial charge in [-0.2, -0.15) is 11.3 Å². The van der Waals surface area contributed by atoms with E-state index < -0.39 is 0 Å². The van der Waals surface area contributed by atoms with Crippen LogP contribution >= 0.6 is 11.3 Å². The topological polar surface area (TPSA) is 39.7 Å². The van der Waals surface area contributed by atoms with Crippen LogP contribution in [0.1, 0.15) is 56.9 Å². The second kappa shape index (κ2) is 8.75. The van der Waals surface area contributed by atoms with Gasteiger partial charge in [-0.3, -0.25) is 9.89 Å². The lowest BCUT2D eigenvalue weighted by Gasteiger charge is -2.33. The summed E-state index contributed by atoms with van der Waals surface area (Å²) in [5.41, 5.74) is 1.46. The summed E-state index contributed by atoms with van der Waals surface area (Å²) in [6, 6.07) is 3.48. The van der Waals surface area contributed by atoms with Crippen LogP contribution in [0.2, 0.25) is 0 Å². The van der Waals surface area contributed by atoms with E-state index in [9.17, 15) is 0 Å². The van der Waals surface area contributed by atoms with Crippen LogP contribution in [0.5, 0.6) is 0 Å². The number of nitrogens with zero attached hydrogens (tertiary/aromatic N) is 2. The third-order valence-corrected chi connectivity index (χ3v) is 7.29. The molecule has 3 aliphatic rings. The zero-order chi connectivity index (χ0) is 17.8. The van der Waals surface area contributed by atoms with E-state index in [2.05, 4.69) is 37.4 Å². The van der Waals surface area contributed by atoms with E-state index in [1.165, 1.54) is 70.0 Å². The third-order valence-electron chi connectivity index (χ3n) is 6.56. The highest BCUT2D eigenvalue weighted by Crippen LogP contribution is 2.44. The Bertz CT molecular complexity index is 571. The van der Waals surface area contributed by atoms with Crippen LogP contribution in [-0.4, -0.2) is 43.1 Å². The summed E-state index contributed by atoms with van der Waals surface area (Å²) < 4.78 is 0.